The third kappa shape index (κ3) is 5.85. The second kappa shape index (κ2) is 13.4. The second-order valence-corrected chi connectivity index (χ2v) is 18.1. The largest absolute Gasteiger partial charge is 0.497 e. The van der Waals surface area contributed by atoms with Crippen molar-refractivity contribution in [2.75, 3.05) is 7.11 Å². The van der Waals surface area contributed by atoms with Crippen molar-refractivity contribution in [3.05, 3.63) is 41.0 Å². The van der Waals surface area contributed by atoms with Crippen molar-refractivity contribution in [2.45, 2.75) is 124 Å². The fraction of sp³-hybridized carbons (Fsp3) is 0.721. The number of esters is 1. The highest BCUT2D eigenvalue weighted by atomic mass is 16.6. The molecule has 8 heteroatoms. The number of nitrogens with one attached hydrogen (secondary N) is 1. The molecule has 1 aromatic rings. The van der Waals surface area contributed by atoms with Crippen LogP contribution in [0.25, 0.3) is 0 Å². The Kier molecular flexibility index (Phi) is 9.48. The van der Waals surface area contributed by atoms with E-state index in [0.717, 1.165) is 74.5 Å². The van der Waals surface area contributed by atoms with Crippen LogP contribution >= 0.6 is 0 Å². The number of benzene rings is 1. The lowest BCUT2D eigenvalue weighted by Crippen LogP contribution is -2.62. The van der Waals surface area contributed by atoms with Gasteiger partial charge in [0.05, 0.1) is 18.6 Å². The standard InChI is InChI=1S/C43H59NO7/c1-24(2)37-34(46)21-43(44-40(48)50-23-27-8-10-29(49-7)11-9-27)19-15-33-30(38(37)43)12-13-36-41(5)18-16-35(26(4)32(41)14-17-42(33,36)6)51-39(47)31-20-28(22-45)25(31)3/h8-11,22,24-26,28,30-33,35-36H,12-21,23H2,1-7H3,(H,44,48). The zero-order valence-electron chi connectivity index (χ0n) is 31.8. The minimum Gasteiger partial charge on any atom is -0.497 e. The Morgan fingerprint density at radius 3 is 2.29 bits per heavy atom. The Hall–Kier alpha value is -3.16. The highest BCUT2D eigenvalue weighted by Crippen LogP contribution is 2.70. The molecule has 5 saturated carbocycles. The van der Waals surface area contributed by atoms with Gasteiger partial charge in [-0.05, 0) is 139 Å². The molecule has 0 radical (unpaired) electrons. The van der Waals surface area contributed by atoms with Crippen LogP contribution < -0.4 is 10.1 Å². The van der Waals surface area contributed by atoms with Crippen molar-refractivity contribution in [3.63, 3.8) is 0 Å². The molecule has 0 bridgehead atoms. The van der Waals surface area contributed by atoms with Crippen LogP contribution in [-0.4, -0.2) is 42.9 Å². The number of amides is 1. The number of allylic oxidation sites excluding steroid dienone is 1. The summed E-state index contributed by atoms with van der Waals surface area (Å²) in [6.07, 6.45) is 9.47. The number of hydrogen-bond donors (Lipinski definition) is 1. The third-order valence-corrected chi connectivity index (χ3v) is 15.6. The molecule has 7 rings (SSSR count). The van der Waals surface area contributed by atoms with Crippen LogP contribution in [0.3, 0.4) is 0 Å². The van der Waals surface area contributed by atoms with Gasteiger partial charge in [0.25, 0.3) is 0 Å². The Morgan fingerprint density at radius 2 is 1.63 bits per heavy atom. The van der Waals surface area contributed by atoms with Gasteiger partial charge in [-0.3, -0.25) is 9.59 Å². The number of hydrogen-bond acceptors (Lipinski definition) is 7. The summed E-state index contributed by atoms with van der Waals surface area (Å²) in [4.78, 5) is 51.8. The van der Waals surface area contributed by atoms with Crippen molar-refractivity contribution >= 4 is 24.1 Å². The molecule has 0 saturated heterocycles. The third-order valence-electron chi connectivity index (χ3n) is 15.6. The van der Waals surface area contributed by atoms with Gasteiger partial charge in [0.1, 0.15) is 24.7 Å². The molecule has 12 unspecified atom stereocenters. The number of aldehydes is 1. The molecule has 6 aliphatic rings. The molecule has 1 aromatic carbocycles. The highest BCUT2D eigenvalue weighted by molar-refractivity contribution is 6.02. The Morgan fingerprint density at radius 1 is 0.941 bits per heavy atom. The van der Waals surface area contributed by atoms with Gasteiger partial charge in [-0.15, -0.1) is 0 Å². The first-order chi connectivity index (χ1) is 24.3. The molecule has 0 aliphatic heterocycles. The van der Waals surface area contributed by atoms with Crippen LogP contribution in [0.1, 0.15) is 111 Å². The first kappa shape index (κ1) is 36.2. The minimum atomic E-state index is -0.681. The van der Waals surface area contributed by atoms with E-state index in [2.05, 4.69) is 39.9 Å². The van der Waals surface area contributed by atoms with E-state index in [4.69, 9.17) is 14.2 Å². The van der Waals surface area contributed by atoms with Crippen LogP contribution in [0.4, 0.5) is 4.79 Å². The average Bonchev–Trinajstić information content (AvgIpc) is 3.40. The van der Waals surface area contributed by atoms with Crippen LogP contribution in [-0.2, 0) is 30.5 Å². The van der Waals surface area contributed by atoms with Crippen molar-refractivity contribution in [1.29, 1.82) is 0 Å². The fourth-order valence-electron chi connectivity index (χ4n) is 12.8. The van der Waals surface area contributed by atoms with Crippen LogP contribution in [0, 0.1) is 64.1 Å². The molecular weight excluding hydrogens is 642 g/mol. The summed E-state index contributed by atoms with van der Waals surface area (Å²) in [7, 11) is 1.63. The number of alkyl carbamates (subject to hydrolysis) is 1. The molecule has 0 spiro atoms. The number of carbonyl (C=O) groups excluding carboxylic acids is 4. The summed E-state index contributed by atoms with van der Waals surface area (Å²) in [5, 5.41) is 3.30. The fourth-order valence-corrected chi connectivity index (χ4v) is 12.8. The maximum Gasteiger partial charge on any atom is 0.408 e. The molecular formula is C43H59NO7. The van der Waals surface area contributed by atoms with Crippen molar-refractivity contribution in [3.8, 4) is 5.75 Å². The molecule has 51 heavy (non-hydrogen) atoms. The molecule has 0 heterocycles. The number of Topliss-reactive ketones (excluding diaryl/α,β-unsaturated/α-hetero) is 1. The first-order valence-corrected chi connectivity index (χ1v) is 19.8. The summed E-state index contributed by atoms with van der Waals surface area (Å²) in [6.45, 7) is 13.8. The number of methoxy groups -OCH3 is 1. The van der Waals surface area contributed by atoms with E-state index in [1.165, 1.54) is 5.57 Å². The molecule has 1 amide bonds. The van der Waals surface area contributed by atoms with Gasteiger partial charge in [0.2, 0.25) is 0 Å². The maximum absolute atomic E-state index is 13.8. The SMILES string of the molecule is COc1ccc(COC(=O)NC23CCC4C(CCC5C4(C)CCC4C(C)C(OC(=O)C6CC(C=O)C6C)CCC45C)C2=C(C(C)C)C(=O)C3)cc1. The van der Waals surface area contributed by atoms with Gasteiger partial charge in [-0.1, -0.05) is 53.7 Å². The number of ether oxygens (including phenoxy) is 3. The van der Waals surface area contributed by atoms with E-state index in [9.17, 15) is 19.2 Å². The highest BCUT2D eigenvalue weighted by Gasteiger charge is 2.65. The normalized spacial score (nSPS) is 41.3. The number of ketones is 1. The van der Waals surface area contributed by atoms with Crippen molar-refractivity contribution in [2.24, 2.45) is 64.1 Å². The van der Waals surface area contributed by atoms with Gasteiger partial charge in [-0.25, -0.2) is 4.79 Å². The molecule has 278 valence electrons. The topological polar surface area (TPSA) is 108 Å². The number of fused-ring (bicyclic) bond motifs is 7. The average molecular weight is 702 g/mol. The molecule has 0 aromatic heterocycles. The number of rotatable bonds is 8. The van der Waals surface area contributed by atoms with Gasteiger partial charge >= 0.3 is 12.1 Å². The van der Waals surface area contributed by atoms with E-state index in [1.807, 2.05) is 31.2 Å². The molecule has 5 fully saturated rings. The Bertz CT molecular complexity index is 1580. The summed E-state index contributed by atoms with van der Waals surface area (Å²) in [5.41, 5.74) is 2.64. The summed E-state index contributed by atoms with van der Waals surface area (Å²) < 4.78 is 17.3. The maximum atomic E-state index is 13.8. The zero-order valence-corrected chi connectivity index (χ0v) is 31.8. The van der Waals surface area contributed by atoms with Gasteiger partial charge < -0.3 is 24.3 Å². The van der Waals surface area contributed by atoms with E-state index < -0.39 is 11.6 Å². The Labute approximate surface area is 304 Å². The van der Waals surface area contributed by atoms with Crippen LogP contribution in [0.2, 0.25) is 0 Å². The number of carbonyl (C=O) groups is 4. The summed E-state index contributed by atoms with van der Waals surface area (Å²) in [5.74, 6) is 2.87. The first-order valence-electron chi connectivity index (χ1n) is 19.8. The van der Waals surface area contributed by atoms with Gasteiger partial charge in [0, 0.05) is 12.3 Å². The smallest absolute Gasteiger partial charge is 0.408 e. The van der Waals surface area contributed by atoms with Gasteiger partial charge in [0.15, 0.2) is 5.78 Å². The summed E-state index contributed by atoms with van der Waals surface area (Å²) in [6, 6.07) is 7.50. The van der Waals surface area contributed by atoms with Crippen molar-refractivity contribution in [1.82, 2.24) is 5.32 Å². The molecule has 6 aliphatic carbocycles. The van der Waals surface area contributed by atoms with Crippen LogP contribution in [0.5, 0.6) is 5.75 Å². The lowest BCUT2D eigenvalue weighted by molar-refractivity contribution is -0.195. The second-order valence-electron chi connectivity index (χ2n) is 18.1. The quantitative estimate of drug-likeness (QED) is 0.215. The zero-order chi connectivity index (χ0) is 36.5. The van der Waals surface area contributed by atoms with Gasteiger partial charge in [-0.2, -0.15) is 0 Å². The minimum absolute atomic E-state index is 0.0184. The monoisotopic (exact) mass is 701 g/mol. The van der Waals surface area contributed by atoms with E-state index in [0.29, 0.717) is 36.5 Å². The summed E-state index contributed by atoms with van der Waals surface area (Å²) >= 11 is 0. The van der Waals surface area contributed by atoms with E-state index >= 15 is 0 Å². The Balaban J connectivity index is 1.08. The lowest BCUT2D eigenvalue weighted by Gasteiger charge is -2.67. The predicted molar refractivity (Wildman–Crippen MR) is 194 cm³/mol. The van der Waals surface area contributed by atoms with E-state index in [-0.39, 0.29) is 64.9 Å². The van der Waals surface area contributed by atoms with Crippen LogP contribution in [0.15, 0.2) is 35.4 Å². The van der Waals surface area contributed by atoms with Crippen molar-refractivity contribution < 1.29 is 33.4 Å². The lowest BCUT2D eigenvalue weighted by atomic mass is 9.38. The van der Waals surface area contributed by atoms with E-state index in [1.54, 1.807) is 7.11 Å². The molecule has 8 nitrogen and oxygen atoms in total. The molecule has 1 N–H and O–H groups in total. The predicted octanol–water partition coefficient (Wildman–Crippen LogP) is 8.26. The molecule has 12 atom stereocenters.